The quantitative estimate of drug-likeness (QED) is 0.384. The van der Waals surface area contributed by atoms with Gasteiger partial charge < -0.3 is 10.6 Å². The lowest BCUT2D eigenvalue weighted by atomic mass is 9.87. The first-order chi connectivity index (χ1) is 18.0. The first-order valence-corrected chi connectivity index (χ1v) is 12.6. The van der Waals surface area contributed by atoms with Gasteiger partial charge in [0.15, 0.2) is 0 Å². The number of nitrogens with zero attached hydrogens (tertiary/aromatic N) is 3. The van der Waals surface area contributed by atoms with Gasteiger partial charge in [0.2, 0.25) is 5.91 Å². The molecule has 0 bridgehead atoms. The second kappa shape index (κ2) is 10.7. The van der Waals surface area contributed by atoms with E-state index in [2.05, 4.69) is 70.5 Å². The molecular weight excluding hydrogens is 456 g/mol. The number of amides is 1. The smallest absolute Gasteiger partial charge is 0.249 e. The summed E-state index contributed by atoms with van der Waals surface area (Å²) in [6.45, 7) is 6.99. The zero-order chi connectivity index (χ0) is 25.8. The van der Waals surface area contributed by atoms with Crippen molar-refractivity contribution >= 4 is 11.6 Å². The maximum Gasteiger partial charge on any atom is 0.249 e. The molecule has 0 saturated carbocycles. The fraction of sp³-hybridized carbons (Fsp3) is 0.188. The van der Waals surface area contributed by atoms with Crippen LogP contribution in [0.3, 0.4) is 0 Å². The highest BCUT2D eigenvalue weighted by molar-refractivity contribution is 6.04. The zero-order valence-electron chi connectivity index (χ0n) is 21.0. The Morgan fingerprint density at radius 1 is 0.811 bits per heavy atom. The number of carbonyl (C=O) groups is 1. The molecule has 5 nitrogen and oxygen atoms in total. The number of carbonyl (C=O) groups excluding carboxylic acids is 1. The van der Waals surface area contributed by atoms with Crippen LogP contribution in [0.15, 0.2) is 91.0 Å². The number of nitrogens with two attached hydrogens (primary N) is 1. The summed E-state index contributed by atoms with van der Waals surface area (Å²) in [6, 6.07) is 32.4. The summed E-state index contributed by atoms with van der Waals surface area (Å²) in [6.07, 6.45) is 0. The van der Waals surface area contributed by atoms with Crippen molar-refractivity contribution in [3.05, 3.63) is 113 Å². The highest BCUT2D eigenvalue weighted by Crippen LogP contribution is 2.38. The van der Waals surface area contributed by atoms with E-state index in [1.54, 1.807) is 18.2 Å². The third-order valence-corrected chi connectivity index (χ3v) is 7.12. The molecule has 1 amide bonds. The number of hydrogen-bond acceptors (Lipinski definition) is 4. The number of piperazine rings is 1. The van der Waals surface area contributed by atoms with E-state index >= 15 is 0 Å². The van der Waals surface area contributed by atoms with Crippen molar-refractivity contribution in [2.45, 2.75) is 13.5 Å². The van der Waals surface area contributed by atoms with E-state index in [-0.39, 0.29) is 0 Å². The van der Waals surface area contributed by atoms with Crippen LogP contribution in [-0.4, -0.2) is 37.0 Å². The summed E-state index contributed by atoms with van der Waals surface area (Å²) in [5.74, 6) is -0.455. The van der Waals surface area contributed by atoms with Crippen LogP contribution in [0.1, 0.15) is 27.0 Å². The lowest BCUT2D eigenvalue weighted by molar-refractivity contribution is 0.100. The molecule has 37 heavy (non-hydrogen) atoms. The normalized spacial score (nSPS) is 13.8. The Bertz CT molecular complexity index is 1430. The van der Waals surface area contributed by atoms with Crippen molar-refractivity contribution in [3.63, 3.8) is 0 Å². The first kappa shape index (κ1) is 24.3. The number of anilines is 1. The standard InChI is InChI=1S/C32H30N4O/c1-23-7-16-29(32(34)37)31(30(23)26-10-8-24(21-33)9-11-26)27-12-14-28(15-13-27)36-19-17-35(18-20-36)22-25-5-3-2-4-6-25/h2-16H,17-20,22H2,1H3,(H2,34,37). The van der Waals surface area contributed by atoms with Crippen molar-refractivity contribution in [1.82, 2.24) is 4.90 Å². The minimum absolute atomic E-state index is 0.455. The number of rotatable bonds is 6. The van der Waals surface area contributed by atoms with E-state index in [0.717, 1.165) is 60.5 Å². The van der Waals surface area contributed by atoms with Gasteiger partial charge >= 0.3 is 0 Å². The third kappa shape index (κ3) is 5.25. The molecule has 0 aromatic heterocycles. The number of nitriles is 1. The summed E-state index contributed by atoms with van der Waals surface area (Å²) in [5, 5.41) is 9.20. The van der Waals surface area contributed by atoms with Gasteiger partial charge in [0.25, 0.3) is 0 Å². The van der Waals surface area contributed by atoms with E-state index in [9.17, 15) is 10.1 Å². The van der Waals surface area contributed by atoms with Gasteiger partial charge in [-0.2, -0.15) is 5.26 Å². The van der Waals surface area contributed by atoms with E-state index in [0.29, 0.717) is 11.1 Å². The molecule has 4 aromatic carbocycles. The molecule has 1 aliphatic heterocycles. The van der Waals surface area contributed by atoms with Gasteiger partial charge in [0.1, 0.15) is 0 Å². The molecular formula is C32H30N4O. The van der Waals surface area contributed by atoms with Crippen LogP contribution < -0.4 is 10.6 Å². The molecule has 1 aliphatic rings. The molecule has 0 unspecified atom stereocenters. The van der Waals surface area contributed by atoms with E-state index in [1.165, 1.54) is 11.3 Å². The molecule has 5 heteroatoms. The second-order valence-corrected chi connectivity index (χ2v) is 9.53. The topological polar surface area (TPSA) is 73.4 Å². The van der Waals surface area contributed by atoms with E-state index in [4.69, 9.17) is 5.73 Å². The molecule has 184 valence electrons. The summed E-state index contributed by atoms with van der Waals surface area (Å²) in [4.78, 5) is 17.3. The molecule has 0 radical (unpaired) electrons. The Labute approximate surface area is 218 Å². The van der Waals surface area contributed by atoms with Crippen LogP contribution in [0.2, 0.25) is 0 Å². The van der Waals surface area contributed by atoms with Gasteiger partial charge in [-0.3, -0.25) is 9.69 Å². The van der Waals surface area contributed by atoms with Crippen LogP contribution in [0.25, 0.3) is 22.3 Å². The lowest BCUT2D eigenvalue weighted by Crippen LogP contribution is -2.45. The Kier molecular flexibility index (Phi) is 7.02. The maximum absolute atomic E-state index is 12.4. The molecule has 2 N–H and O–H groups in total. The third-order valence-electron chi connectivity index (χ3n) is 7.12. The average molecular weight is 487 g/mol. The minimum atomic E-state index is -0.455. The van der Waals surface area contributed by atoms with Crippen molar-refractivity contribution in [3.8, 4) is 28.3 Å². The maximum atomic E-state index is 12.4. The summed E-state index contributed by atoms with van der Waals surface area (Å²) in [7, 11) is 0. The highest BCUT2D eigenvalue weighted by Gasteiger charge is 2.20. The van der Waals surface area contributed by atoms with E-state index < -0.39 is 5.91 Å². The van der Waals surface area contributed by atoms with Gasteiger partial charge in [-0.15, -0.1) is 0 Å². The molecule has 0 aliphatic carbocycles. The lowest BCUT2D eigenvalue weighted by Gasteiger charge is -2.36. The molecule has 4 aromatic rings. The summed E-state index contributed by atoms with van der Waals surface area (Å²) in [5.41, 5.74) is 14.2. The van der Waals surface area contributed by atoms with Crippen molar-refractivity contribution in [1.29, 1.82) is 5.26 Å². The number of primary amides is 1. The molecule has 0 atom stereocenters. The number of benzene rings is 4. The Hall–Kier alpha value is -4.40. The van der Waals surface area contributed by atoms with Crippen LogP contribution in [0.5, 0.6) is 0 Å². The van der Waals surface area contributed by atoms with Gasteiger partial charge in [-0.1, -0.05) is 60.7 Å². The molecule has 1 saturated heterocycles. The molecule has 1 heterocycles. The van der Waals surface area contributed by atoms with Crippen LogP contribution >= 0.6 is 0 Å². The van der Waals surface area contributed by atoms with Crippen molar-refractivity contribution in [2.75, 3.05) is 31.1 Å². The largest absolute Gasteiger partial charge is 0.369 e. The summed E-state index contributed by atoms with van der Waals surface area (Å²) >= 11 is 0. The average Bonchev–Trinajstić information content (AvgIpc) is 2.94. The monoisotopic (exact) mass is 486 g/mol. The fourth-order valence-electron chi connectivity index (χ4n) is 5.14. The Balaban J connectivity index is 1.40. The predicted molar refractivity (Wildman–Crippen MR) is 149 cm³/mol. The van der Waals surface area contributed by atoms with Crippen molar-refractivity contribution in [2.24, 2.45) is 5.73 Å². The highest BCUT2D eigenvalue weighted by atomic mass is 16.1. The first-order valence-electron chi connectivity index (χ1n) is 12.6. The molecule has 1 fully saturated rings. The summed E-state index contributed by atoms with van der Waals surface area (Å²) < 4.78 is 0. The number of aryl methyl sites for hydroxylation is 1. The minimum Gasteiger partial charge on any atom is -0.369 e. The Morgan fingerprint density at radius 2 is 1.43 bits per heavy atom. The van der Waals surface area contributed by atoms with Gasteiger partial charge in [-0.25, -0.2) is 0 Å². The van der Waals surface area contributed by atoms with Crippen LogP contribution in [-0.2, 0) is 6.54 Å². The van der Waals surface area contributed by atoms with Gasteiger partial charge in [0.05, 0.1) is 11.6 Å². The zero-order valence-corrected chi connectivity index (χ0v) is 21.0. The fourth-order valence-corrected chi connectivity index (χ4v) is 5.14. The van der Waals surface area contributed by atoms with Crippen molar-refractivity contribution < 1.29 is 4.79 Å². The predicted octanol–water partition coefficient (Wildman–Crippen LogP) is 5.62. The SMILES string of the molecule is Cc1ccc(C(N)=O)c(-c2ccc(N3CCN(Cc4ccccc4)CC3)cc2)c1-c1ccc(C#N)cc1. The van der Waals surface area contributed by atoms with Crippen LogP contribution in [0.4, 0.5) is 5.69 Å². The Morgan fingerprint density at radius 3 is 2.05 bits per heavy atom. The van der Waals surface area contributed by atoms with E-state index in [1.807, 2.05) is 25.1 Å². The molecule has 0 spiro atoms. The molecule has 5 rings (SSSR count). The van der Waals surface area contributed by atoms with Gasteiger partial charge in [0, 0.05) is 49.5 Å². The van der Waals surface area contributed by atoms with Crippen LogP contribution in [0, 0.1) is 18.3 Å². The van der Waals surface area contributed by atoms with Gasteiger partial charge in [-0.05, 0) is 65.1 Å². The second-order valence-electron chi connectivity index (χ2n) is 9.53. The number of hydrogen-bond donors (Lipinski definition) is 1.